The first-order chi connectivity index (χ1) is 10.1. The molecule has 21 heavy (non-hydrogen) atoms. The highest BCUT2D eigenvalue weighted by molar-refractivity contribution is 5.87. The van der Waals surface area contributed by atoms with E-state index in [4.69, 9.17) is 4.74 Å². The fourth-order valence-electron chi connectivity index (χ4n) is 2.74. The van der Waals surface area contributed by atoms with Gasteiger partial charge in [-0.1, -0.05) is 25.1 Å². The van der Waals surface area contributed by atoms with Gasteiger partial charge in [0, 0.05) is 6.54 Å². The molecule has 1 aromatic heterocycles. The van der Waals surface area contributed by atoms with Gasteiger partial charge in [-0.3, -0.25) is 0 Å². The second-order valence-electron chi connectivity index (χ2n) is 5.48. The lowest BCUT2D eigenvalue weighted by Gasteiger charge is -2.22. The van der Waals surface area contributed by atoms with Gasteiger partial charge in [-0.25, -0.2) is 9.78 Å². The number of aromatic carboxylic acids is 1. The minimum atomic E-state index is -0.959. The van der Waals surface area contributed by atoms with E-state index in [1.54, 1.807) is 0 Å². The molecule has 5 nitrogen and oxygen atoms in total. The zero-order valence-corrected chi connectivity index (χ0v) is 12.0. The van der Waals surface area contributed by atoms with Crippen LogP contribution in [0, 0.1) is 5.92 Å². The summed E-state index contributed by atoms with van der Waals surface area (Å²) in [6, 6.07) is 9.48. The minimum absolute atomic E-state index is 0.174. The fraction of sp³-hybridized carbons (Fsp3) is 0.375. The normalized spacial score (nSPS) is 17.3. The van der Waals surface area contributed by atoms with Crippen LogP contribution in [-0.2, 0) is 19.6 Å². The summed E-state index contributed by atoms with van der Waals surface area (Å²) in [6.07, 6.45) is 1.81. The molecule has 0 radical (unpaired) electrons. The number of hydrogen-bond acceptors (Lipinski definition) is 3. The predicted molar refractivity (Wildman–Crippen MR) is 77.4 cm³/mol. The molecule has 1 aliphatic heterocycles. The number of fused-ring (bicyclic) bond motifs is 1. The van der Waals surface area contributed by atoms with E-state index in [1.807, 2.05) is 34.9 Å². The van der Waals surface area contributed by atoms with Crippen LogP contribution >= 0.6 is 0 Å². The number of carboxylic acids is 1. The molecular weight excluding hydrogens is 268 g/mol. The highest BCUT2D eigenvalue weighted by Gasteiger charge is 2.26. The number of ether oxygens (including phenoxy) is 1. The van der Waals surface area contributed by atoms with Crippen LogP contribution < -0.4 is 4.74 Å². The first-order valence-electron chi connectivity index (χ1n) is 7.14. The summed E-state index contributed by atoms with van der Waals surface area (Å²) >= 11 is 0. The Labute approximate surface area is 123 Å². The Morgan fingerprint density at radius 1 is 1.43 bits per heavy atom. The van der Waals surface area contributed by atoms with Gasteiger partial charge in [-0.05, 0) is 30.9 Å². The van der Waals surface area contributed by atoms with Crippen molar-refractivity contribution in [3.8, 4) is 5.75 Å². The average molecular weight is 286 g/mol. The number of imidazole rings is 1. The highest BCUT2D eigenvalue weighted by atomic mass is 16.5. The molecule has 1 aliphatic rings. The van der Waals surface area contributed by atoms with Crippen molar-refractivity contribution in [1.29, 1.82) is 0 Å². The highest BCUT2D eigenvalue weighted by Crippen LogP contribution is 2.25. The smallest absolute Gasteiger partial charge is 0.356 e. The Morgan fingerprint density at radius 2 is 2.19 bits per heavy atom. The van der Waals surface area contributed by atoms with E-state index in [1.165, 1.54) is 0 Å². The van der Waals surface area contributed by atoms with Gasteiger partial charge >= 0.3 is 5.97 Å². The van der Waals surface area contributed by atoms with Crippen molar-refractivity contribution in [3.05, 3.63) is 47.5 Å². The third kappa shape index (κ3) is 2.77. The zero-order chi connectivity index (χ0) is 14.8. The molecule has 0 saturated heterocycles. The minimum Gasteiger partial charge on any atom is -0.486 e. The molecule has 1 unspecified atom stereocenters. The Balaban J connectivity index is 1.85. The van der Waals surface area contributed by atoms with Gasteiger partial charge in [-0.15, -0.1) is 0 Å². The SMILES string of the molecule is CC1CCn2c(COc3ccccc3)nc(C(=O)O)c2C1. The van der Waals surface area contributed by atoms with Crippen LogP contribution in [0.3, 0.4) is 0 Å². The molecule has 1 atom stereocenters. The van der Waals surface area contributed by atoms with Crippen LogP contribution in [-0.4, -0.2) is 20.6 Å². The molecule has 110 valence electrons. The van der Waals surface area contributed by atoms with Crippen molar-refractivity contribution in [1.82, 2.24) is 9.55 Å². The number of nitrogens with zero attached hydrogens (tertiary/aromatic N) is 2. The lowest BCUT2D eigenvalue weighted by Crippen LogP contribution is -2.20. The van der Waals surface area contributed by atoms with Crippen molar-refractivity contribution < 1.29 is 14.6 Å². The maximum absolute atomic E-state index is 11.4. The molecule has 0 aliphatic carbocycles. The van der Waals surface area contributed by atoms with E-state index < -0.39 is 5.97 Å². The van der Waals surface area contributed by atoms with Crippen molar-refractivity contribution in [2.24, 2.45) is 5.92 Å². The first kappa shape index (κ1) is 13.7. The average Bonchev–Trinajstić information content (AvgIpc) is 2.84. The molecule has 3 rings (SSSR count). The Kier molecular flexibility index (Phi) is 3.64. The Morgan fingerprint density at radius 3 is 2.90 bits per heavy atom. The van der Waals surface area contributed by atoms with E-state index in [9.17, 15) is 9.90 Å². The lowest BCUT2D eigenvalue weighted by atomic mass is 9.97. The van der Waals surface area contributed by atoms with Gasteiger partial charge in [0.1, 0.15) is 18.2 Å². The number of rotatable bonds is 4. The van der Waals surface area contributed by atoms with Gasteiger partial charge < -0.3 is 14.4 Å². The van der Waals surface area contributed by atoms with Crippen LogP contribution in [0.1, 0.15) is 35.4 Å². The fourth-order valence-corrected chi connectivity index (χ4v) is 2.74. The molecule has 0 spiro atoms. The molecular formula is C16H18N2O3. The van der Waals surface area contributed by atoms with E-state index in [0.717, 1.165) is 30.8 Å². The summed E-state index contributed by atoms with van der Waals surface area (Å²) in [6.45, 7) is 3.24. The number of para-hydroxylation sites is 1. The van der Waals surface area contributed by atoms with Crippen LogP contribution in [0.15, 0.2) is 30.3 Å². The monoisotopic (exact) mass is 286 g/mol. The molecule has 0 bridgehead atoms. The quantitative estimate of drug-likeness (QED) is 0.938. The topological polar surface area (TPSA) is 64.4 Å². The zero-order valence-electron chi connectivity index (χ0n) is 12.0. The van der Waals surface area contributed by atoms with Crippen LogP contribution in [0.4, 0.5) is 0 Å². The van der Waals surface area contributed by atoms with Gasteiger partial charge in [-0.2, -0.15) is 0 Å². The van der Waals surface area contributed by atoms with E-state index in [0.29, 0.717) is 18.3 Å². The predicted octanol–water partition coefficient (Wildman–Crippen LogP) is 2.74. The Hall–Kier alpha value is -2.30. The number of carboxylic acid groups (broad SMARTS) is 1. The molecule has 1 N–H and O–H groups in total. The summed E-state index contributed by atoms with van der Waals surface area (Å²) in [5.74, 6) is 0.989. The number of benzene rings is 1. The van der Waals surface area contributed by atoms with Crippen molar-refractivity contribution >= 4 is 5.97 Å². The van der Waals surface area contributed by atoms with E-state index in [2.05, 4.69) is 11.9 Å². The second-order valence-corrected chi connectivity index (χ2v) is 5.48. The van der Waals surface area contributed by atoms with E-state index in [-0.39, 0.29) is 5.69 Å². The van der Waals surface area contributed by atoms with Crippen molar-refractivity contribution in [3.63, 3.8) is 0 Å². The first-order valence-corrected chi connectivity index (χ1v) is 7.14. The lowest BCUT2D eigenvalue weighted by molar-refractivity contribution is 0.0688. The number of carbonyl (C=O) groups is 1. The second kappa shape index (κ2) is 5.60. The van der Waals surface area contributed by atoms with Crippen LogP contribution in [0.5, 0.6) is 5.75 Å². The van der Waals surface area contributed by atoms with Gasteiger partial charge in [0.05, 0.1) is 5.69 Å². The van der Waals surface area contributed by atoms with Crippen molar-refractivity contribution in [2.45, 2.75) is 32.9 Å². The maximum Gasteiger partial charge on any atom is 0.356 e. The molecule has 0 saturated carbocycles. The maximum atomic E-state index is 11.4. The summed E-state index contributed by atoms with van der Waals surface area (Å²) in [7, 11) is 0. The van der Waals surface area contributed by atoms with Crippen molar-refractivity contribution in [2.75, 3.05) is 0 Å². The van der Waals surface area contributed by atoms with Gasteiger partial charge in [0.2, 0.25) is 0 Å². The molecule has 0 fully saturated rings. The van der Waals surface area contributed by atoms with Crippen LogP contribution in [0.2, 0.25) is 0 Å². The Bertz CT molecular complexity index is 649. The summed E-state index contributed by atoms with van der Waals surface area (Å²) < 4.78 is 7.71. The van der Waals surface area contributed by atoms with E-state index >= 15 is 0 Å². The summed E-state index contributed by atoms with van der Waals surface area (Å²) in [5, 5.41) is 9.31. The third-order valence-electron chi connectivity index (χ3n) is 3.85. The molecule has 2 aromatic rings. The standard InChI is InChI=1S/C16H18N2O3/c1-11-7-8-18-13(9-11)15(16(19)20)17-14(18)10-21-12-5-3-2-4-6-12/h2-6,11H,7-10H2,1H3,(H,19,20). The third-order valence-corrected chi connectivity index (χ3v) is 3.85. The molecule has 2 heterocycles. The number of hydrogen-bond donors (Lipinski definition) is 1. The van der Waals surface area contributed by atoms with Gasteiger partial charge in [0.25, 0.3) is 0 Å². The largest absolute Gasteiger partial charge is 0.486 e. The summed E-state index contributed by atoms with van der Waals surface area (Å²) in [4.78, 5) is 15.6. The summed E-state index contributed by atoms with van der Waals surface area (Å²) in [5.41, 5.74) is 1.00. The number of aromatic nitrogens is 2. The van der Waals surface area contributed by atoms with Crippen LogP contribution in [0.25, 0.3) is 0 Å². The molecule has 5 heteroatoms. The van der Waals surface area contributed by atoms with Gasteiger partial charge in [0.15, 0.2) is 5.69 Å². The molecule has 1 aromatic carbocycles. The molecule has 0 amide bonds.